The molecular formula is C15H15F3N2S. The molecule has 0 aliphatic heterocycles. The number of imidazole rings is 1. The number of alkyl halides is 3. The van der Waals surface area contributed by atoms with Crippen LogP contribution in [0.15, 0.2) is 53.8 Å². The highest BCUT2D eigenvalue weighted by Gasteiger charge is 2.30. The summed E-state index contributed by atoms with van der Waals surface area (Å²) in [7, 11) is 0. The SMILES string of the molecule is C=C(C)CSc1ncc(-c2ccccc2)n1CC(F)(F)F. The lowest BCUT2D eigenvalue weighted by Gasteiger charge is -2.14. The van der Waals surface area contributed by atoms with Crippen LogP contribution < -0.4 is 0 Å². The molecule has 0 amide bonds. The van der Waals surface area contributed by atoms with Gasteiger partial charge in [-0.25, -0.2) is 4.98 Å². The quantitative estimate of drug-likeness (QED) is 0.584. The van der Waals surface area contributed by atoms with Crippen LogP contribution in [0.3, 0.4) is 0 Å². The summed E-state index contributed by atoms with van der Waals surface area (Å²) in [4.78, 5) is 4.13. The van der Waals surface area contributed by atoms with Gasteiger partial charge < -0.3 is 4.57 Å². The Bertz CT molecular complexity index is 618. The van der Waals surface area contributed by atoms with E-state index in [1.807, 2.05) is 13.0 Å². The number of hydrogen-bond acceptors (Lipinski definition) is 2. The van der Waals surface area contributed by atoms with Gasteiger partial charge in [0, 0.05) is 5.75 Å². The van der Waals surface area contributed by atoms with E-state index in [4.69, 9.17) is 0 Å². The molecule has 112 valence electrons. The average molecular weight is 312 g/mol. The molecule has 1 aromatic carbocycles. The van der Waals surface area contributed by atoms with Crippen molar-refractivity contribution in [2.75, 3.05) is 5.75 Å². The summed E-state index contributed by atoms with van der Waals surface area (Å²) < 4.78 is 39.7. The number of thioether (sulfide) groups is 1. The van der Waals surface area contributed by atoms with E-state index in [-0.39, 0.29) is 0 Å². The zero-order chi connectivity index (χ0) is 15.5. The summed E-state index contributed by atoms with van der Waals surface area (Å²) in [5, 5.41) is 0.356. The molecule has 0 bridgehead atoms. The van der Waals surface area contributed by atoms with Gasteiger partial charge in [0.05, 0.1) is 11.9 Å². The van der Waals surface area contributed by atoms with E-state index < -0.39 is 12.7 Å². The molecule has 0 spiro atoms. The molecule has 0 radical (unpaired) electrons. The predicted octanol–water partition coefficient (Wildman–Crippen LogP) is 4.78. The molecule has 2 aromatic rings. The zero-order valence-electron chi connectivity index (χ0n) is 11.5. The van der Waals surface area contributed by atoms with Crippen molar-refractivity contribution >= 4 is 11.8 Å². The lowest BCUT2D eigenvalue weighted by Crippen LogP contribution is -2.19. The number of benzene rings is 1. The summed E-state index contributed by atoms with van der Waals surface area (Å²) in [6.45, 7) is 4.55. The Labute approximate surface area is 125 Å². The summed E-state index contributed by atoms with van der Waals surface area (Å²) >= 11 is 1.26. The van der Waals surface area contributed by atoms with Crippen LogP contribution in [0.4, 0.5) is 13.2 Å². The molecule has 0 saturated heterocycles. The molecule has 21 heavy (non-hydrogen) atoms. The first-order chi connectivity index (χ1) is 9.87. The van der Waals surface area contributed by atoms with Crippen molar-refractivity contribution in [3.63, 3.8) is 0 Å². The lowest BCUT2D eigenvalue weighted by atomic mass is 10.2. The largest absolute Gasteiger partial charge is 0.406 e. The van der Waals surface area contributed by atoms with E-state index in [1.165, 1.54) is 22.5 Å². The Balaban J connectivity index is 2.38. The summed E-state index contributed by atoms with van der Waals surface area (Å²) in [6, 6.07) is 8.96. The topological polar surface area (TPSA) is 17.8 Å². The van der Waals surface area contributed by atoms with Crippen molar-refractivity contribution in [3.8, 4) is 11.3 Å². The number of nitrogens with zero attached hydrogens (tertiary/aromatic N) is 2. The molecule has 6 heteroatoms. The van der Waals surface area contributed by atoms with Gasteiger partial charge in [0.2, 0.25) is 0 Å². The molecule has 0 N–H and O–H groups in total. The molecule has 0 aliphatic carbocycles. The summed E-state index contributed by atoms with van der Waals surface area (Å²) in [6.07, 6.45) is -2.80. The Morgan fingerprint density at radius 1 is 1.29 bits per heavy atom. The summed E-state index contributed by atoms with van der Waals surface area (Å²) in [5.74, 6) is 0.545. The third kappa shape index (κ3) is 4.39. The van der Waals surface area contributed by atoms with Gasteiger partial charge in [0.1, 0.15) is 6.54 Å². The second kappa shape index (κ2) is 6.39. The number of hydrogen-bond donors (Lipinski definition) is 0. The maximum Gasteiger partial charge on any atom is 0.406 e. The molecule has 1 heterocycles. The molecule has 1 aromatic heterocycles. The zero-order valence-corrected chi connectivity index (χ0v) is 12.3. The fourth-order valence-corrected chi connectivity index (χ4v) is 2.65. The van der Waals surface area contributed by atoms with E-state index in [2.05, 4.69) is 11.6 Å². The van der Waals surface area contributed by atoms with Crippen LogP contribution in [0, 0.1) is 0 Å². The van der Waals surface area contributed by atoms with Gasteiger partial charge in [0.15, 0.2) is 5.16 Å². The van der Waals surface area contributed by atoms with Crippen LogP contribution in [-0.4, -0.2) is 21.5 Å². The van der Waals surface area contributed by atoms with Crippen molar-refractivity contribution in [2.45, 2.75) is 24.8 Å². The van der Waals surface area contributed by atoms with E-state index >= 15 is 0 Å². The molecule has 0 atom stereocenters. The van der Waals surface area contributed by atoms with E-state index in [1.54, 1.807) is 24.3 Å². The molecule has 2 rings (SSSR count). The molecule has 2 nitrogen and oxygen atoms in total. The normalized spacial score (nSPS) is 11.6. The first-order valence-corrected chi connectivity index (χ1v) is 7.30. The maximum absolute atomic E-state index is 12.8. The lowest BCUT2D eigenvalue weighted by molar-refractivity contribution is -0.141. The van der Waals surface area contributed by atoms with Gasteiger partial charge in [-0.15, -0.1) is 0 Å². The molecule has 0 aliphatic rings. The summed E-state index contributed by atoms with van der Waals surface area (Å²) in [5.41, 5.74) is 2.08. The highest BCUT2D eigenvalue weighted by molar-refractivity contribution is 7.99. The number of aromatic nitrogens is 2. The van der Waals surface area contributed by atoms with Crippen LogP contribution >= 0.6 is 11.8 Å². The molecule has 0 unspecified atom stereocenters. The monoisotopic (exact) mass is 312 g/mol. The Hall–Kier alpha value is -1.69. The van der Waals surface area contributed by atoms with E-state index in [0.29, 0.717) is 16.6 Å². The fourth-order valence-electron chi connectivity index (χ4n) is 1.83. The van der Waals surface area contributed by atoms with Gasteiger partial charge in [-0.2, -0.15) is 13.2 Å². The Morgan fingerprint density at radius 2 is 1.95 bits per heavy atom. The van der Waals surface area contributed by atoms with Crippen LogP contribution in [-0.2, 0) is 6.54 Å². The minimum Gasteiger partial charge on any atom is -0.310 e. The Kier molecular flexibility index (Phi) is 4.77. The smallest absolute Gasteiger partial charge is 0.310 e. The first kappa shape index (κ1) is 15.7. The molecule has 0 fully saturated rings. The van der Waals surface area contributed by atoms with Gasteiger partial charge in [-0.3, -0.25) is 0 Å². The van der Waals surface area contributed by atoms with E-state index in [0.717, 1.165) is 11.1 Å². The number of rotatable bonds is 5. The van der Waals surface area contributed by atoms with Crippen molar-refractivity contribution in [2.24, 2.45) is 0 Å². The third-order valence-electron chi connectivity index (χ3n) is 2.67. The van der Waals surface area contributed by atoms with Crippen molar-refractivity contribution in [1.29, 1.82) is 0 Å². The third-order valence-corrected chi connectivity index (χ3v) is 3.89. The van der Waals surface area contributed by atoms with Gasteiger partial charge >= 0.3 is 6.18 Å². The second-order valence-corrected chi connectivity index (χ2v) is 5.68. The maximum atomic E-state index is 12.8. The number of halogens is 3. The van der Waals surface area contributed by atoms with Crippen molar-refractivity contribution in [3.05, 3.63) is 48.7 Å². The highest BCUT2D eigenvalue weighted by Crippen LogP contribution is 2.30. The first-order valence-electron chi connectivity index (χ1n) is 6.32. The average Bonchev–Trinajstić information content (AvgIpc) is 2.78. The van der Waals surface area contributed by atoms with Crippen LogP contribution in [0.2, 0.25) is 0 Å². The predicted molar refractivity (Wildman–Crippen MR) is 79.3 cm³/mol. The van der Waals surface area contributed by atoms with Gasteiger partial charge in [-0.1, -0.05) is 54.2 Å². The van der Waals surface area contributed by atoms with Crippen LogP contribution in [0.25, 0.3) is 11.3 Å². The Morgan fingerprint density at radius 3 is 2.52 bits per heavy atom. The minimum atomic E-state index is -4.29. The van der Waals surface area contributed by atoms with Gasteiger partial charge in [-0.05, 0) is 12.5 Å². The van der Waals surface area contributed by atoms with Gasteiger partial charge in [0.25, 0.3) is 0 Å². The van der Waals surface area contributed by atoms with Crippen LogP contribution in [0.1, 0.15) is 6.92 Å². The van der Waals surface area contributed by atoms with Crippen molar-refractivity contribution in [1.82, 2.24) is 9.55 Å². The standard InChI is InChI=1S/C15H15F3N2S/c1-11(2)9-21-14-19-8-13(12-6-4-3-5-7-12)20(14)10-15(16,17)18/h3-8H,1,9-10H2,2H3. The van der Waals surface area contributed by atoms with Crippen molar-refractivity contribution < 1.29 is 13.2 Å². The van der Waals surface area contributed by atoms with Crippen LogP contribution in [0.5, 0.6) is 0 Å². The molecular weight excluding hydrogens is 297 g/mol. The highest BCUT2D eigenvalue weighted by atomic mass is 32.2. The minimum absolute atomic E-state index is 0.356. The molecule has 0 saturated carbocycles. The fraction of sp³-hybridized carbons (Fsp3) is 0.267. The second-order valence-electron chi connectivity index (χ2n) is 4.74. The van der Waals surface area contributed by atoms with E-state index in [9.17, 15) is 13.2 Å².